The van der Waals surface area contributed by atoms with Crippen LogP contribution in [0.4, 0.5) is 0 Å². The van der Waals surface area contributed by atoms with Gasteiger partial charge in [0.1, 0.15) is 0 Å². The first-order valence-electron chi connectivity index (χ1n) is 5.24. The third kappa shape index (κ3) is 3.25. The second kappa shape index (κ2) is 4.94. The highest BCUT2D eigenvalue weighted by Gasteiger charge is 2.25. The first-order chi connectivity index (χ1) is 6.13. The maximum Gasteiger partial charge on any atom is 0.0434 e. The number of aliphatic hydroxyl groups excluding tert-OH is 1. The Labute approximate surface area is 80.9 Å². The molecule has 0 spiro atoms. The van der Waals surface area contributed by atoms with Crippen LogP contribution in [0.5, 0.6) is 0 Å². The summed E-state index contributed by atoms with van der Waals surface area (Å²) in [6.07, 6.45) is 1.97. The van der Waals surface area contributed by atoms with Gasteiger partial charge in [0.15, 0.2) is 0 Å². The molecule has 0 aromatic carbocycles. The molecule has 1 fully saturated rings. The van der Waals surface area contributed by atoms with Gasteiger partial charge in [-0.15, -0.1) is 0 Å². The van der Waals surface area contributed by atoms with Gasteiger partial charge in [-0.05, 0) is 32.6 Å². The molecule has 0 aromatic heterocycles. The topological polar surface area (TPSA) is 49.5 Å². The van der Waals surface area contributed by atoms with E-state index in [2.05, 4.69) is 18.7 Å². The normalized spacial score (nSPS) is 31.2. The number of piperidine rings is 1. The Balaban J connectivity index is 2.42. The molecule has 1 aliphatic rings. The summed E-state index contributed by atoms with van der Waals surface area (Å²) in [5.74, 6) is 0.594. The van der Waals surface area contributed by atoms with Crippen molar-refractivity contribution in [1.29, 1.82) is 0 Å². The molecular weight excluding hydrogens is 164 g/mol. The Morgan fingerprint density at radius 1 is 1.46 bits per heavy atom. The number of nitrogens with two attached hydrogens (primary N) is 1. The van der Waals surface area contributed by atoms with E-state index in [9.17, 15) is 0 Å². The van der Waals surface area contributed by atoms with Gasteiger partial charge >= 0.3 is 0 Å². The summed E-state index contributed by atoms with van der Waals surface area (Å²) in [5, 5.41) is 8.87. The molecule has 2 atom stereocenters. The lowest BCUT2D eigenvalue weighted by atomic mass is 9.91. The van der Waals surface area contributed by atoms with Crippen molar-refractivity contribution in [2.24, 2.45) is 11.7 Å². The van der Waals surface area contributed by atoms with Crippen molar-refractivity contribution in [3.63, 3.8) is 0 Å². The molecule has 1 aliphatic heterocycles. The van der Waals surface area contributed by atoms with Crippen molar-refractivity contribution in [3.8, 4) is 0 Å². The quantitative estimate of drug-likeness (QED) is 0.672. The number of likely N-dealkylation sites (tertiary alicyclic amines) is 1. The van der Waals surface area contributed by atoms with Crippen molar-refractivity contribution < 1.29 is 5.11 Å². The zero-order chi connectivity index (χ0) is 9.84. The molecule has 1 rings (SSSR count). The molecule has 0 radical (unpaired) electrons. The van der Waals surface area contributed by atoms with Gasteiger partial charge in [0.25, 0.3) is 0 Å². The van der Waals surface area contributed by atoms with E-state index in [1.54, 1.807) is 0 Å². The van der Waals surface area contributed by atoms with Gasteiger partial charge in [-0.25, -0.2) is 0 Å². The summed E-state index contributed by atoms with van der Waals surface area (Å²) in [5.41, 5.74) is 5.96. The van der Waals surface area contributed by atoms with E-state index < -0.39 is 0 Å². The summed E-state index contributed by atoms with van der Waals surface area (Å²) in [4.78, 5) is 2.41. The van der Waals surface area contributed by atoms with E-state index in [4.69, 9.17) is 10.8 Å². The van der Waals surface area contributed by atoms with E-state index in [0.29, 0.717) is 24.6 Å². The zero-order valence-electron chi connectivity index (χ0n) is 8.74. The van der Waals surface area contributed by atoms with Crippen LogP contribution in [0.15, 0.2) is 0 Å². The summed E-state index contributed by atoms with van der Waals surface area (Å²) in [6.45, 7) is 6.82. The third-order valence-electron chi connectivity index (χ3n) is 2.87. The Morgan fingerprint density at radius 3 is 2.69 bits per heavy atom. The lowest BCUT2D eigenvalue weighted by Crippen LogP contribution is -2.49. The molecular formula is C10H22N2O. The standard InChI is InChI=1S/C10H22N2O/c1-8(2)12-6-9(3-4-13)5-10(11)7-12/h8-10,13H,3-7,11H2,1-2H3. The Kier molecular flexibility index (Phi) is 4.16. The predicted octanol–water partition coefficient (Wildman–Crippen LogP) is 0.426. The van der Waals surface area contributed by atoms with Crippen LogP contribution in [0.3, 0.4) is 0 Å². The molecule has 0 amide bonds. The summed E-state index contributed by atoms with van der Waals surface area (Å²) in [6, 6.07) is 0.875. The Hall–Kier alpha value is -0.120. The second-order valence-corrected chi connectivity index (χ2v) is 4.42. The van der Waals surface area contributed by atoms with E-state index in [1.165, 1.54) is 0 Å². The molecule has 13 heavy (non-hydrogen) atoms. The van der Waals surface area contributed by atoms with Crippen molar-refractivity contribution in [2.45, 2.75) is 38.8 Å². The van der Waals surface area contributed by atoms with Crippen LogP contribution in [-0.4, -0.2) is 41.8 Å². The maximum atomic E-state index is 8.87. The fourth-order valence-electron chi connectivity index (χ4n) is 2.10. The average Bonchev–Trinajstić information content (AvgIpc) is 2.03. The van der Waals surface area contributed by atoms with Gasteiger partial charge in [-0.2, -0.15) is 0 Å². The van der Waals surface area contributed by atoms with Gasteiger partial charge in [0, 0.05) is 31.8 Å². The van der Waals surface area contributed by atoms with E-state index >= 15 is 0 Å². The van der Waals surface area contributed by atoms with Gasteiger partial charge < -0.3 is 10.8 Å². The van der Waals surface area contributed by atoms with Crippen molar-refractivity contribution in [1.82, 2.24) is 4.90 Å². The molecule has 3 N–H and O–H groups in total. The lowest BCUT2D eigenvalue weighted by molar-refractivity contribution is 0.108. The first kappa shape index (κ1) is 11.0. The summed E-state index contributed by atoms with van der Waals surface area (Å²) < 4.78 is 0. The van der Waals surface area contributed by atoms with Crippen LogP contribution in [0, 0.1) is 5.92 Å². The molecule has 3 nitrogen and oxygen atoms in total. The van der Waals surface area contributed by atoms with Gasteiger partial charge in [-0.1, -0.05) is 0 Å². The smallest absolute Gasteiger partial charge is 0.0434 e. The van der Waals surface area contributed by atoms with Crippen LogP contribution in [0.25, 0.3) is 0 Å². The van der Waals surface area contributed by atoms with Gasteiger partial charge in [0.05, 0.1) is 0 Å². The van der Waals surface area contributed by atoms with Crippen LogP contribution in [0.1, 0.15) is 26.7 Å². The van der Waals surface area contributed by atoms with Crippen molar-refractivity contribution >= 4 is 0 Å². The minimum Gasteiger partial charge on any atom is -0.396 e. The molecule has 1 saturated heterocycles. The molecule has 2 unspecified atom stereocenters. The van der Waals surface area contributed by atoms with E-state index in [1.807, 2.05) is 0 Å². The van der Waals surface area contributed by atoms with Crippen LogP contribution in [-0.2, 0) is 0 Å². The molecule has 0 aromatic rings. The SMILES string of the molecule is CC(C)N1CC(N)CC(CCO)C1. The Morgan fingerprint density at radius 2 is 2.15 bits per heavy atom. The molecule has 0 bridgehead atoms. The summed E-state index contributed by atoms with van der Waals surface area (Å²) >= 11 is 0. The van der Waals surface area contributed by atoms with Crippen LogP contribution in [0.2, 0.25) is 0 Å². The van der Waals surface area contributed by atoms with Crippen molar-refractivity contribution in [2.75, 3.05) is 19.7 Å². The van der Waals surface area contributed by atoms with Gasteiger partial charge in [0.2, 0.25) is 0 Å². The van der Waals surface area contributed by atoms with Crippen LogP contribution < -0.4 is 5.73 Å². The number of hydrogen-bond acceptors (Lipinski definition) is 3. The molecule has 3 heteroatoms. The highest BCUT2D eigenvalue weighted by Crippen LogP contribution is 2.20. The number of nitrogens with zero attached hydrogens (tertiary/aromatic N) is 1. The number of rotatable bonds is 3. The zero-order valence-corrected chi connectivity index (χ0v) is 8.74. The summed E-state index contributed by atoms with van der Waals surface area (Å²) in [7, 11) is 0. The average molecular weight is 186 g/mol. The molecule has 0 saturated carbocycles. The fraction of sp³-hybridized carbons (Fsp3) is 1.00. The third-order valence-corrected chi connectivity index (χ3v) is 2.87. The molecule has 0 aliphatic carbocycles. The fourth-order valence-corrected chi connectivity index (χ4v) is 2.10. The second-order valence-electron chi connectivity index (χ2n) is 4.42. The Bertz CT molecular complexity index is 150. The van der Waals surface area contributed by atoms with E-state index in [-0.39, 0.29) is 0 Å². The maximum absolute atomic E-state index is 8.87. The lowest BCUT2D eigenvalue weighted by Gasteiger charge is -2.38. The minimum atomic E-state index is 0.295. The monoisotopic (exact) mass is 186 g/mol. The van der Waals surface area contributed by atoms with Gasteiger partial charge in [-0.3, -0.25) is 4.90 Å². The van der Waals surface area contributed by atoms with Crippen molar-refractivity contribution in [3.05, 3.63) is 0 Å². The largest absolute Gasteiger partial charge is 0.396 e. The number of aliphatic hydroxyl groups is 1. The minimum absolute atomic E-state index is 0.295. The molecule has 78 valence electrons. The predicted molar refractivity (Wildman–Crippen MR) is 54.5 cm³/mol. The van der Waals surface area contributed by atoms with Crippen LogP contribution >= 0.6 is 0 Å². The highest BCUT2D eigenvalue weighted by molar-refractivity contribution is 4.82. The molecule has 1 heterocycles. The first-order valence-corrected chi connectivity index (χ1v) is 5.24. The van der Waals surface area contributed by atoms with E-state index in [0.717, 1.165) is 25.9 Å². The highest BCUT2D eigenvalue weighted by atomic mass is 16.3. The number of hydrogen-bond donors (Lipinski definition) is 2.